The van der Waals surface area contributed by atoms with E-state index < -0.39 is 42.1 Å². The van der Waals surface area contributed by atoms with E-state index in [0.717, 1.165) is 10.8 Å². The van der Waals surface area contributed by atoms with E-state index in [1.165, 1.54) is 0 Å². The second-order valence-corrected chi connectivity index (χ2v) is 4.64. The molecule has 0 amide bonds. The predicted octanol–water partition coefficient (Wildman–Crippen LogP) is -2.29. The number of hydrogen-bond donors (Lipinski definition) is 5. The van der Waals surface area contributed by atoms with Crippen molar-refractivity contribution in [1.29, 1.82) is 0 Å². The predicted molar refractivity (Wildman–Crippen MR) is 66.8 cm³/mol. The maximum Gasteiger partial charge on any atom is 0.352 e. The number of ether oxygens (including phenoxy) is 1. The highest BCUT2D eigenvalue weighted by Gasteiger charge is 2.54. The van der Waals surface area contributed by atoms with Gasteiger partial charge in [-0.25, -0.2) is 4.79 Å². The van der Waals surface area contributed by atoms with Gasteiger partial charge >= 0.3 is 5.69 Å². The molecule has 0 bridgehead atoms. The third-order valence-corrected chi connectivity index (χ3v) is 3.55. The van der Waals surface area contributed by atoms with Gasteiger partial charge in [0, 0.05) is 0 Å². The van der Waals surface area contributed by atoms with Gasteiger partial charge < -0.3 is 30.9 Å². The fourth-order valence-electron chi connectivity index (χ4n) is 2.41. The summed E-state index contributed by atoms with van der Waals surface area (Å²) in [6, 6.07) is 0. The molecule has 1 aromatic rings. The lowest BCUT2D eigenvalue weighted by atomic mass is 10.00. The summed E-state index contributed by atoms with van der Waals surface area (Å²) < 4.78 is 6.33. The normalized spacial score (nSPS) is 33.5. The van der Waals surface area contributed by atoms with Crippen LogP contribution in [-0.2, 0) is 10.5 Å². The van der Waals surface area contributed by atoms with Crippen molar-refractivity contribution in [2.24, 2.45) is 0 Å². The Labute approximate surface area is 113 Å². The van der Waals surface area contributed by atoms with Crippen LogP contribution in [0.1, 0.15) is 13.3 Å². The highest BCUT2D eigenvalue weighted by molar-refractivity contribution is 5.41. The Morgan fingerprint density at radius 3 is 2.70 bits per heavy atom. The van der Waals surface area contributed by atoms with Gasteiger partial charge in [0.1, 0.15) is 18.3 Å². The average molecular weight is 287 g/mol. The van der Waals surface area contributed by atoms with Crippen LogP contribution < -0.4 is 11.4 Å². The van der Waals surface area contributed by atoms with Gasteiger partial charge in [0.2, 0.25) is 0 Å². The minimum absolute atomic E-state index is 0.104. The number of nitrogens with two attached hydrogens (primary N) is 1. The zero-order chi connectivity index (χ0) is 15.1. The van der Waals surface area contributed by atoms with Crippen LogP contribution >= 0.6 is 0 Å². The molecule has 1 fully saturated rings. The molecule has 1 aliphatic rings. The molecule has 2 heterocycles. The fourth-order valence-corrected chi connectivity index (χ4v) is 2.41. The van der Waals surface area contributed by atoms with Crippen molar-refractivity contribution in [2.45, 2.75) is 37.4 Å². The van der Waals surface area contributed by atoms with Gasteiger partial charge in [-0.15, -0.1) is 0 Å². The molecular formula is C11H17N3O6. The first-order valence-corrected chi connectivity index (χ1v) is 6.10. The van der Waals surface area contributed by atoms with Crippen molar-refractivity contribution in [3.05, 3.63) is 16.7 Å². The Bertz CT molecular complexity index is 562. The Balaban J connectivity index is 2.58. The van der Waals surface area contributed by atoms with E-state index in [9.17, 15) is 20.1 Å². The van der Waals surface area contributed by atoms with Crippen LogP contribution in [0, 0.1) is 0 Å². The van der Waals surface area contributed by atoms with Crippen LogP contribution in [0.5, 0.6) is 5.75 Å². The van der Waals surface area contributed by atoms with Gasteiger partial charge in [0.15, 0.2) is 17.3 Å². The third kappa shape index (κ3) is 1.95. The number of aromatic hydroxyl groups is 1. The number of nitrogens with zero attached hydrogens (tertiary/aromatic N) is 2. The molecule has 6 N–H and O–H groups in total. The van der Waals surface area contributed by atoms with Crippen molar-refractivity contribution in [2.75, 3.05) is 12.3 Å². The molecule has 1 saturated heterocycles. The first kappa shape index (κ1) is 14.7. The summed E-state index contributed by atoms with van der Waals surface area (Å²) in [6.07, 6.45) is -2.79. The molecule has 1 aromatic heterocycles. The zero-order valence-corrected chi connectivity index (χ0v) is 10.8. The summed E-state index contributed by atoms with van der Waals surface area (Å²) in [7, 11) is 0. The zero-order valence-electron chi connectivity index (χ0n) is 10.8. The van der Waals surface area contributed by atoms with Gasteiger partial charge in [-0.3, -0.25) is 4.57 Å². The topological polar surface area (TPSA) is 151 Å². The van der Waals surface area contributed by atoms with Crippen LogP contribution in [0.2, 0.25) is 0 Å². The van der Waals surface area contributed by atoms with Crippen molar-refractivity contribution in [3.8, 4) is 5.75 Å². The van der Waals surface area contributed by atoms with E-state index in [0.29, 0.717) is 0 Å². The van der Waals surface area contributed by atoms with E-state index >= 15 is 0 Å². The summed E-state index contributed by atoms with van der Waals surface area (Å²) in [5, 5.41) is 38.7. The van der Waals surface area contributed by atoms with Crippen molar-refractivity contribution >= 4 is 5.82 Å². The molecule has 0 spiro atoms. The maximum atomic E-state index is 11.9. The molecular weight excluding hydrogens is 270 g/mol. The second-order valence-electron chi connectivity index (χ2n) is 4.64. The van der Waals surface area contributed by atoms with E-state index in [-0.39, 0.29) is 12.2 Å². The quantitative estimate of drug-likeness (QED) is 0.416. The van der Waals surface area contributed by atoms with Crippen molar-refractivity contribution in [1.82, 2.24) is 9.55 Å². The standard InChI is InChI=1S/C11H17N3O6/c1-2-11(8(18)7(17)6(4-15)20-11)14-3-5(16)9(12)13-10(14)19/h3,6-8,15-18H,2,4H2,1H3,(H2,12,13,19)/t6-,7-,8-,11-/m1/s1. The number of aliphatic hydroxyl groups excluding tert-OH is 3. The van der Waals surface area contributed by atoms with Gasteiger partial charge in [-0.1, -0.05) is 6.92 Å². The number of aliphatic hydroxyl groups is 3. The number of hydrogen-bond acceptors (Lipinski definition) is 8. The number of aromatic nitrogens is 2. The minimum atomic E-state index is -1.62. The van der Waals surface area contributed by atoms with Gasteiger partial charge in [-0.2, -0.15) is 4.98 Å². The number of nitrogen functional groups attached to an aromatic ring is 1. The Morgan fingerprint density at radius 2 is 2.20 bits per heavy atom. The molecule has 2 rings (SSSR count). The first-order chi connectivity index (χ1) is 9.37. The molecule has 20 heavy (non-hydrogen) atoms. The second kappa shape index (κ2) is 5.02. The molecule has 1 aliphatic heterocycles. The molecule has 0 saturated carbocycles. The molecule has 0 aromatic carbocycles. The lowest BCUT2D eigenvalue weighted by molar-refractivity contribution is -0.152. The maximum absolute atomic E-state index is 11.9. The summed E-state index contributed by atoms with van der Waals surface area (Å²) in [5.74, 6) is -0.792. The molecule has 112 valence electrons. The molecule has 0 radical (unpaired) electrons. The highest BCUT2D eigenvalue weighted by atomic mass is 16.6. The van der Waals surface area contributed by atoms with Gasteiger partial charge in [0.05, 0.1) is 12.8 Å². The average Bonchev–Trinajstić information content (AvgIpc) is 2.68. The Kier molecular flexibility index (Phi) is 3.69. The Morgan fingerprint density at radius 1 is 1.55 bits per heavy atom. The van der Waals surface area contributed by atoms with Crippen LogP contribution in [0.3, 0.4) is 0 Å². The van der Waals surface area contributed by atoms with Crippen molar-refractivity contribution < 1.29 is 25.2 Å². The first-order valence-electron chi connectivity index (χ1n) is 6.10. The van der Waals surface area contributed by atoms with E-state index in [2.05, 4.69) is 4.98 Å². The number of anilines is 1. The van der Waals surface area contributed by atoms with Crippen LogP contribution in [-0.4, -0.2) is 54.9 Å². The number of rotatable bonds is 3. The van der Waals surface area contributed by atoms with E-state index in [4.69, 9.17) is 15.6 Å². The lowest BCUT2D eigenvalue weighted by Gasteiger charge is -2.32. The van der Waals surface area contributed by atoms with E-state index in [1.54, 1.807) is 6.92 Å². The van der Waals surface area contributed by atoms with Gasteiger partial charge in [0.25, 0.3) is 0 Å². The fraction of sp³-hybridized carbons (Fsp3) is 0.636. The lowest BCUT2D eigenvalue weighted by Crippen LogP contribution is -2.50. The summed E-state index contributed by atoms with van der Waals surface area (Å²) >= 11 is 0. The Hall–Kier alpha value is -1.68. The van der Waals surface area contributed by atoms with Crippen molar-refractivity contribution in [3.63, 3.8) is 0 Å². The van der Waals surface area contributed by atoms with E-state index in [1.807, 2.05) is 0 Å². The van der Waals surface area contributed by atoms with Crippen LogP contribution in [0.15, 0.2) is 11.0 Å². The third-order valence-electron chi connectivity index (χ3n) is 3.55. The SMILES string of the molecule is CC[C@@]1(n2cc(O)c(N)nc2=O)O[C@H](CO)[C@@H](O)[C@H]1O. The van der Waals surface area contributed by atoms with Gasteiger partial charge in [-0.05, 0) is 6.42 Å². The largest absolute Gasteiger partial charge is 0.503 e. The molecule has 0 aliphatic carbocycles. The summed E-state index contributed by atoms with van der Waals surface area (Å²) in [4.78, 5) is 15.3. The monoisotopic (exact) mass is 287 g/mol. The smallest absolute Gasteiger partial charge is 0.352 e. The van der Waals surface area contributed by atoms with Crippen LogP contribution in [0.4, 0.5) is 5.82 Å². The molecule has 4 atom stereocenters. The summed E-state index contributed by atoms with van der Waals surface area (Å²) in [5.41, 5.74) is 2.86. The molecule has 9 heteroatoms. The highest BCUT2D eigenvalue weighted by Crippen LogP contribution is 2.38. The van der Waals surface area contributed by atoms with Crippen LogP contribution in [0.25, 0.3) is 0 Å². The summed E-state index contributed by atoms with van der Waals surface area (Å²) in [6.45, 7) is 1.10. The molecule has 0 unspecified atom stereocenters. The minimum Gasteiger partial charge on any atom is -0.503 e. The molecule has 9 nitrogen and oxygen atoms in total.